The van der Waals surface area contributed by atoms with Gasteiger partial charge in [-0.3, -0.25) is 0 Å². The molecule has 2 atom stereocenters. The number of nitrogens with one attached hydrogen (secondary N) is 1. The Labute approximate surface area is 124 Å². The Hall–Kier alpha value is -0.0500. The quantitative estimate of drug-likeness (QED) is 0.774. The van der Waals surface area contributed by atoms with E-state index in [0.717, 1.165) is 21.6 Å². The molecule has 0 aliphatic heterocycles. The molecule has 0 amide bonds. The van der Waals surface area contributed by atoms with Crippen molar-refractivity contribution >= 4 is 27.5 Å². The van der Waals surface area contributed by atoms with E-state index in [9.17, 15) is 0 Å². The van der Waals surface area contributed by atoms with Gasteiger partial charge in [-0.05, 0) is 42.5 Å². The molecule has 102 valence electrons. The lowest BCUT2D eigenvalue weighted by Gasteiger charge is -2.29. The molecule has 0 radical (unpaired) electrons. The maximum atomic E-state index is 6.26. The third kappa shape index (κ3) is 4.56. The first-order valence-electron chi connectivity index (χ1n) is 6.40. The molecule has 0 aromatic heterocycles. The lowest BCUT2D eigenvalue weighted by molar-refractivity contribution is 0.247. The van der Waals surface area contributed by atoms with Crippen LogP contribution in [0.25, 0.3) is 0 Å². The van der Waals surface area contributed by atoms with Gasteiger partial charge < -0.3 is 5.32 Å². The predicted octanol–water partition coefficient (Wildman–Crippen LogP) is 5.44. The van der Waals surface area contributed by atoms with Gasteiger partial charge in [0.15, 0.2) is 0 Å². The highest BCUT2D eigenvalue weighted by atomic mass is 79.9. The monoisotopic (exact) mass is 331 g/mol. The van der Waals surface area contributed by atoms with E-state index >= 15 is 0 Å². The van der Waals surface area contributed by atoms with Crippen LogP contribution in [0.15, 0.2) is 22.7 Å². The normalized spacial score (nSPS) is 15.5. The van der Waals surface area contributed by atoms with Gasteiger partial charge in [0.25, 0.3) is 0 Å². The van der Waals surface area contributed by atoms with Gasteiger partial charge in [-0.15, -0.1) is 0 Å². The molecule has 1 aromatic rings. The van der Waals surface area contributed by atoms with Gasteiger partial charge in [0.1, 0.15) is 0 Å². The zero-order valence-corrected chi connectivity index (χ0v) is 14.2. The molecule has 1 N–H and O–H groups in total. The summed E-state index contributed by atoms with van der Waals surface area (Å²) in [6.07, 6.45) is 0. The minimum atomic E-state index is 0.274. The van der Waals surface area contributed by atoms with Crippen molar-refractivity contribution in [3.63, 3.8) is 0 Å². The van der Waals surface area contributed by atoms with Crippen LogP contribution in [-0.2, 0) is 0 Å². The van der Waals surface area contributed by atoms with Crippen LogP contribution >= 0.6 is 27.5 Å². The fourth-order valence-electron chi connectivity index (χ4n) is 1.62. The molecule has 0 fully saturated rings. The van der Waals surface area contributed by atoms with E-state index in [0.29, 0.717) is 11.3 Å². The second kappa shape index (κ2) is 6.40. The fourth-order valence-corrected chi connectivity index (χ4v) is 2.46. The highest BCUT2D eigenvalue weighted by Crippen LogP contribution is 2.28. The maximum absolute atomic E-state index is 6.26. The lowest BCUT2D eigenvalue weighted by Crippen LogP contribution is -2.31. The van der Waals surface area contributed by atoms with Crippen LogP contribution in [0.1, 0.15) is 46.2 Å². The molecule has 0 heterocycles. The molecule has 18 heavy (non-hydrogen) atoms. The van der Waals surface area contributed by atoms with Crippen molar-refractivity contribution in [2.24, 2.45) is 11.3 Å². The number of hydrogen-bond acceptors (Lipinski definition) is 1. The van der Waals surface area contributed by atoms with Crippen LogP contribution in [0.4, 0.5) is 0 Å². The molecule has 2 unspecified atom stereocenters. The summed E-state index contributed by atoms with van der Waals surface area (Å²) in [7, 11) is 0. The van der Waals surface area contributed by atoms with Crippen molar-refractivity contribution in [3.8, 4) is 0 Å². The van der Waals surface area contributed by atoms with Crippen molar-refractivity contribution < 1.29 is 0 Å². The van der Waals surface area contributed by atoms with E-state index in [1.807, 2.05) is 12.1 Å². The van der Waals surface area contributed by atoms with E-state index in [1.54, 1.807) is 0 Å². The molecule has 0 bridgehead atoms. The minimum Gasteiger partial charge on any atom is -0.310 e. The smallest absolute Gasteiger partial charge is 0.0464 e. The summed E-state index contributed by atoms with van der Waals surface area (Å²) in [6, 6.07) is 6.33. The number of rotatable bonds is 4. The van der Waals surface area contributed by atoms with E-state index in [-0.39, 0.29) is 6.04 Å². The Bertz CT molecular complexity index is 398. The molecule has 0 aliphatic carbocycles. The molecule has 1 rings (SSSR count). The van der Waals surface area contributed by atoms with Gasteiger partial charge in [-0.25, -0.2) is 0 Å². The average Bonchev–Trinajstić information content (AvgIpc) is 2.24. The molecule has 0 aliphatic rings. The Morgan fingerprint density at radius 3 is 2.39 bits per heavy atom. The van der Waals surface area contributed by atoms with Gasteiger partial charge in [0.05, 0.1) is 0 Å². The number of halogens is 2. The van der Waals surface area contributed by atoms with E-state index in [2.05, 4.69) is 61.9 Å². The fraction of sp³-hybridized carbons (Fsp3) is 0.600. The largest absolute Gasteiger partial charge is 0.310 e. The number of benzene rings is 1. The molecule has 0 saturated carbocycles. The molecule has 1 nitrogen and oxygen atoms in total. The zero-order valence-electron chi connectivity index (χ0n) is 11.8. The summed E-state index contributed by atoms with van der Waals surface area (Å²) < 4.78 is 1.02. The summed E-state index contributed by atoms with van der Waals surface area (Å²) in [4.78, 5) is 0. The van der Waals surface area contributed by atoms with Gasteiger partial charge >= 0.3 is 0 Å². The first-order valence-corrected chi connectivity index (χ1v) is 7.57. The third-order valence-corrected chi connectivity index (χ3v) is 4.46. The molecular formula is C15H23BrClN. The highest BCUT2D eigenvalue weighted by Gasteiger charge is 2.20. The maximum Gasteiger partial charge on any atom is 0.0464 e. The predicted molar refractivity (Wildman–Crippen MR) is 84.2 cm³/mol. The second-order valence-electron chi connectivity index (χ2n) is 6.06. The third-order valence-electron chi connectivity index (χ3n) is 3.64. The number of hydrogen-bond donors (Lipinski definition) is 1. The van der Waals surface area contributed by atoms with Gasteiger partial charge in [-0.2, -0.15) is 0 Å². The van der Waals surface area contributed by atoms with Crippen molar-refractivity contribution in [1.29, 1.82) is 0 Å². The zero-order chi connectivity index (χ0) is 13.9. The van der Waals surface area contributed by atoms with E-state index in [4.69, 9.17) is 11.6 Å². The van der Waals surface area contributed by atoms with Crippen molar-refractivity contribution in [2.45, 2.75) is 40.7 Å². The summed E-state index contributed by atoms with van der Waals surface area (Å²) in [6.45, 7) is 12.3. The van der Waals surface area contributed by atoms with Gasteiger partial charge in [0, 0.05) is 15.5 Å². The molecular weight excluding hydrogens is 310 g/mol. The van der Waals surface area contributed by atoms with Crippen LogP contribution in [0.5, 0.6) is 0 Å². The second-order valence-corrected chi connectivity index (χ2v) is 7.39. The summed E-state index contributed by atoms with van der Waals surface area (Å²) in [5.41, 5.74) is 1.48. The SMILES string of the molecule is CC(NCC(C)C(C)(C)C)c1ccc(Br)cc1Cl. The summed E-state index contributed by atoms with van der Waals surface area (Å²) in [5, 5.41) is 4.38. The average molecular weight is 333 g/mol. The van der Waals surface area contributed by atoms with E-state index in [1.165, 1.54) is 0 Å². The molecule has 0 saturated heterocycles. The highest BCUT2D eigenvalue weighted by molar-refractivity contribution is 9.10. The summed E-state index contributed by atoms with van der Waals surface area (Å²) >= 11 is 9.69. The molecule has 0 spiro atoms. The van der Waals surface area contributed by atoms with Crippen LogP contribution in [0, 0.1) is 11.3 Å². The molecule has 3 heteroatoms. The molecule has 1 aromatic carbocycles. The Kier molecular flexibility index (Phi) is 5.69. The van der Waals surface area contributed by atoms with Crippen LogP contribution in [0.3, 0.4) is 0 Å². The van der Waals surface area contributed by atoms with Crippen molar-refractivity contribution in [1.82, 2.24) is 5.32 Å². The standard InChI is InChI=1S/C15H23BrClN/c1-10(15(3,4)5)9-18-11(2)13-7-6-12(16)8-14(13)17/h6-8,10-11,18H,9H2,1-5H3. The lowest BCUT2D eigenvalue weighted by atomic mass is 9.82. The Balaban J connectivity index is 2.63. The first-order chi connectivity index (χ1) is 8.21. The van der Waals surface area contributed by atoms with Crippen LogP contribution in [-0.4, -0.2) is 6.54 Å². The van der Waals surface area contributed by atoms with Crippen LogP contribution < -0.4 is 5.32 Å². The minimum absolute atomic E-state index is 0.274. The van der Waals surface area contributed by atoms with Crippen molar-refractivity contribution in [3.05, 3.63) is 33.3 Å². The Morgan fingerprint density at radius 1 is 1.28 bits per heavy atom. The first kappa shape index (κ1) is 16.0. The van der Waals surface area contributed by atoms with Gasteiger partial charge in [0.2, 0.25) is 0 Å². The topological polar surface area (TPSA) is 12.0 Å². The Morgan fingerprint density at radius 2 is 1.89 bits per heavy atom. The van der Waals surface area contributed by atoms with Crippen LogP contribution in [0.2, 0.25) is 5.02 Å². The van der Waals surface area contributed by atoms with E-state index < -0.39 is 0 Å². The van der Waals surface area contributed by atoms with Crippen molar-refractivity contribution in [2.75, 3.05) is 6.54 Å². The van der Waals surface area contributed by atoms with Gasteiger partial charge in [-0.1, -0.05) is 61.3 Å². The summed E-state index contributed by atoms with van der Waals surface area (Å²) in [5.74, 6) is 0.620.